The Bertz CT molecular complexity index is 205. The summed E-state index contributed by atoms with van der Waals surface area (Å²) in [4.78, 5) is 13.5. The number of hydrogen-bond donors (Lipinski definition) is 1. The molecule has 2 N–H and O–H groups in total. The molecule has 0 radical (unpaired) electrons. The predicted molar refractivity (Wildman–Crippen MR) is 45.4 cm³/mol. The van der Waals surface area contributed by atoms with Gasteiger partial charge in [-0.05, 0) is 12.8 Å². The van der Waals surface area contributed by atoms with Crippen LogP contribution in [-0.2, 0) is 4.79 Å². The fourth-order valence-corrected chi connectivity index (χ4v) is 2.33. The van der Waals surface area contributed by atoms with Gasteiger partial charge in [-0.25, -0.2) is 0 Å². The molecule has 0 spiro atoms. The molecule has 3 nitrogen and oxygen atoms in total. The van der Waals surface area contributed by atoms with Crippen molar-refractivity contribution in [3.05, 3.63) is 0 Å². The Hall–Kier alpha value is -0.570. The highest BCUT2D eigenvalue weighted by Gasteiger charge is 2.44. The van der Waals surface area contributed by atoms with Gasteiger partial charge in [0.1, 0.15) is 0 Å². The predicted octanol–water partition coefficient (Wildman–Crippen LogP) is -0.318. The van der Waals surface area contributed by atoms with E-state index < -0.39 is 0 Å². The summed E-state index contributed by atoms with van der Waals surface area (Å²) in [6, 6.07) is 0. The van der Waals surface area contributed by atoms with E-state index in [2.05, 4.69) is 17.1 Å². The van der Waals surface area contributed by atoms with E-state index in [1.165, 1.54) is 19.4 Å². The summed E-state index contributed by atoms with van der Waals surface area (Å²) in [5.41, 5.74) is 0.105. The standard InChI is InChI=1S/C9H16N2O/c1-9-5-4-8(12)11(9)7-3-2-6-10-9/h10H,2-7H2,1H3/p+1/t9-/m0/s1. The van der Waals surface area contributed by atoms with Crippen LogP contribution in [0.4, 0.5) is 0 Å². The topological polar surface area (TPSA) is 36.9 Å². The van der Waals surface area contributed by atoms with Gasteiger partial charge in [-0.3, -0.25) is 9.69 Å². The third kappa shape index (κ3) is 1.12. The molecule has 2 saturated heterocycles. The van der Waals surface area contributed by atoms with Gasteiger partial charge in [0, 0.05) is 26.3 Å². The van der Waals surface area contributed by atoms with Gasteiger partial charge in [-0.15, -0.1) is 0 Å². The van der Waals surface area contributed by atoms with Crippen molar-refractivity contribution in [2.75, 3.05) is 13.1 Å². The molecule has 0 aromatic rings. The molecular weight excluding hydrogens is 152 g/mol. The highest BCUT2D eigenvalue weighted by atomic mass is 16.2. The number of carbonyl (C=O) groups excluding carboxylic acids is 1. The van der Waals surface area contributed by atoms with Crippen molar-refractivity contribution in [3.63, 3.8) is 0 Å². The lowest BCUT2D eigenvalue weighted by Crippen LogP contribution is -2.98. The Morgan fingerprint density at radius 2 is 2.33 bits per heavy atom. The van der Waals surface area contributed by atoms with E-state index in [0.717, 1.165) is 19.4 Å². The number of quaternary nitrogens is 1. The summed E-state index contributed by atoms with van der Waals surface area (Å²) in [5.74, 6) is 0.357. The lowest BCUT2D eigenvalue weighted by molar-refractivity contribution is -0.738. The molecule has 0 aliphatic carbocycles. The average Bonchev–Trinajstić information content (AvgIpc) is 2.24. The average molecular weight is 169 g/mol. The molecule has 1 amide bonds. The summed E-state index contributed by atoms with van der Waals surface area (Å²) in [6.07, 6.45) is 4.22. The van der Waals surface area contributed by atoms with E-state index in [-0.39, 0.29) is 5.66 Å². The van der Waals surface area contributed by atoms with Gasteiger partial charge in [0.2, 0.25) is 5.91 Å². The van der Waals surface area contributed by atoms with Crippen molar-refractivity contribution in [1.29, 1.82) is 0 Å². The van der Waals surface area contributed by atoms with E-state index in [1.54, 1.807) is 0 Å². The van der Waals surface area contributed by atoms with Crippen molar-refractivity contribution < 1.29 is 10.1 Å². The summed E-state index contributed by atoms with van der Waals surface area (Å²) >= 11 is 0. The zero-order chi connectivity index (χ0) is 8.60. The summed E-state index contributed by atoms with van der Waals surface area (Å²) in [5, 5.41) is 2.34. The van der Waals surface area contributed by atoms with Crippen LogP contribution < -0.4 is 5.32 Å². The molecule has 0 aromatic heterocycles. The quantitative estimate of drug-likeness (QED) is 0.530. The highest BCUT2D eigenvalue weighted by Crippen LogP contribution is 2.25. The third-order valence-corrected chi connectivity index (χ3v) is 3.18. The first-order valence-corrected chi connectivity index (χ1v) is 4.87. The number of amides is 1. The molecule has 68 valence electrons. The molecule has 12 heavy (non-hydrogen) atoms. The molecule has 2 rings (SSSR count). The van der Waals surface area contributed by atoms with Gasteiger partial charge in [-0.2, -0.15) is 0 Å². The number of nitrogens with two attached hydrogens (primary N) is 1. The first-order chi connectivity index (χ1) is 5.72. The first-order valence-electron chi connectivity index (χ1n) is 4.87. The van der Waals surface area contributed by atoms with E-state index >= 15 is 0 Å². The smallest absolute Gasteiger partial charge is 0.227 e. The van der Waals surface area contributed by atoms with Gasteiger partial charge >= 0.3 is 0 Å². The first kappa shape index (κ1) is 8.05. The molecule has 2 aliphatic heterocycles. The van der Waals surface area contributed by atoms with Crippen LogP contribution in [0.5, 0.6) is 0 Å². The molecule has 1 atom stereocenters. The number of carbonyl (C=O) groups is 1. The third-order valence-electron chi connectivity index (χ3n) is 3.18. The summed E-state index contributed by atoms with van der Waals surface area (Å²) in [7, 11) is 0. The second kappa shape index (κ2) is 2.73. The zero-order valence-corrected chi connectivity index (χ0v) is 7.68. The van der Waals surface area contributed by atoms with Gasteiger partial charge < -0.3 is 5.32 Å². The Morgan fingerprint density at radius 3 is 3.17 bits per heavy atom. The number of hydrogen-bond acceptors (Lipinski definition) is 1. The number of fused-ring (bicyclic) bond motifs is 1. The van der Waals surface area contributed by atoms with E-state index in [4.69, 9.17) is 0 Å². The largest absolute Gasteiger partial charge is 0.324 e. The molecule has 0 unspecified atom stereocenters. The number of nitrogens with zero attached hydrogens (tertiary/aromatic N) is 1. The van der Waals surface area contributed by atoms with Crippen molar-refractivity contribution in [1.82, 2.24) is 4.90 Å². The van der Waals surface area contributed by atoms with E-state index in [9.17, 15) is 4.79 Å². The summed E-state index contributed by atoms with van der Waals surface area (Å²) in [6.45, 7) is 4.36. The lowest BCUT2D eigenvalue weighted by atomic mass is 10.1. The molecule has 0 bridgehead atoms. The van der Waals surface area contributed by atoms with Crippen LogP contribution in [0.25, 0.3) is 0 Å². The van der Waals surface area contributed by atoms with Crippen LogP contribution >= 0.6 is 0 Å². The Kier molecular flexibility index (Phi) is 1.83. The fraction of sp³-hybridized carbons (Fsp3) is 0.889. The fourth-order valence-electron chi connectivity index (χ4n) is 2.33. The highest BCUT2D eigenvalue weighted by molar-refractivity contribution is 5.79. The van der Waals surface area contributed by atoms with Gasteiger partial charge in [0.25, 0.3) is 0 Å². The van der Waals surface area contributed by atoms with Gasteiger partial charge in [0.15, 0.2) is 5.66 Å². The maximum atomic E-state index is 11.5. The van der Waals surface area contributed by atoms with Crippen LogP contribution in [0.1, 0.15) is 32.6 Å². The molecule has 2 aliphatic rings. The molecule has 2 heterocycles. The van der Waals surface area contributed by atoms with Crippen LogP contribution in [-0.4, -0.2) is 29.6 Å². The minimum atomic E-state index is 0.105. The Balaban J connectivity index is 2.19. The van der Waals surface area contributed by atoms with E-state index in [1.807, 2.05) is 0 Å². The van der Waals surface area contributed by atoms with Gasteiger partial charge in [0.05, 0.1) is 6.54 Å². The van der Waals surface area contributed by atoms with Crippen LogP contribution in [0.3, 0.4) is 0 Å². The minimum Gasteiger partial charge on any atom is -0.324 e. The van der Waals surface area contributed by atoms with Gasteiger partial charge in [-0.1, -0.05) is 0 Å². The van der Waals surface area contributed by atoms with Crippen LogP contribution in [0, 0.1) is 0 Å². The minimum absolute atomic E-state index is 0.105. The van der Waals surface area contributed by atoms with Crippen molar-refractivity contribution in [2.24, 2.45) is 0 Å². The number of rotatable bonds is 0. The Morgan fingerprint density at radius 1 is 1.50 bits per heavy atom. The monoisotopic (exact) mass is 169 g/mol. The molecule has 0 saturated carbocycles. The SMILES string of the molecule is C[C@@]12CCC(=O)N1CCCC[NH2+]2. The maximum Gasteiger partial charge on any atom is 0.227 e. The normalized spacial score (nSPS) is 36.4. The van der Waals surface area contributed by atoms with Crippen LogP contribution in [0.15, 0.2) is 0 Å². The second-order valence-electron chi connectivity index (χ2n) is 4.10. The van der Waals surface area contributed by atoms with Crippen LogP contribution in [0.2, 0.25) is 0 Å². The second-order valence-corrected chi connectivity index (χ2v) is 4.10. The molecule has 3 heteroatoms. The van der Waals surface area contributed by atoms with Crippen molar-refractivity contribution in [2.45, 2.75) is 38.3 Å². The maximum absolute atomic E-state index is 11.5. The summed E-state index contributed by atoms with van der Waals surface area (Å²) < 4.78 is 0. The molecule has 2 fully saturated rings. The molecular formula is C9H17N2O+. The zero-order valence-electron chi connectivity index (χ0n) is 7.68. The Labute approximate surface area is 73.1 Å². The lowest BCUT2D eigenvalue weighted by Gasteiger charge is -2.30. The van der Waals surface area contributed by atoms with E-state index in [0.29, 0.717) is 5.91 Å². The molecule has 0 aromatic carbocycles. The van der Waals surface area contributed by atoms with Crippen molar-refractivity contribution >= 4 is 5.91 Å². The van der Waals surface area contributed by atoms with Crippen molar-refractivity contribution in [3.8, 4) is 0 Å².